The smallest absolute Gasteiger partial charge is 0.224 e. The number of hydrogen-bond acceptors (Lipinski definition) is 4. The Balaban J connectivity index is 2.10. The summed E-state index contributed by atoms with van der Waals surface area (Å²) in [6, 6.07) is 9.50. The van der Waals surface area contributed by atoms with Crippen LogP contribution in [0.4, 0.5) is 17.5 Å². The van der Waals surface area contributed by atoms with Gasteiger partial charge < -0.3 is 10.6 Å². The van der Waals surface area contributed by atoms with Gasteiger partial charge in [0.2, 0.25) is 5.95 Å². The van der Waals surface area contributed by atoms with E-state index in [0.717, 1.165) is 30.2 Å². The van der Waals surface area contributed by atoms with E-state index < -0.39 is 0 Å². The zero-order valence-corrected chi connectivity index (χ0v) is 13.4. The van der Waals surface area contributed by atoms with Gasteiger partial charge in [-0.25, -0.2) is 4.98 Å². The standard InChI is InChI=1S/C16H21ClN4/c1-11(2)8-9-18-16-19-12(3)10-15(21-16)20-14-7-5-4-6-13(14)17/h4-7,10-11H,8-9H2,1-3H3,(H2,18,19,20,21). The van der Waals surface area contributed by atoms with Crippen molar-refractivity contribution in [2.45, 2.75) is 27.2 Å². The van der Waals surface area contributed by atoms with Crippen LogP contribution in [0.5, 0.6) is 0 Å². The first kappa shape index (κ1) is 15.6. The molecule has 21 heavy (non-hydrogen) atoms. The van der Waals surface area contributed by atoms with Crippen molar-refractivity contribution in [3.63, 3.8) is 0 Å². The number of benzene rings is 1. The van der Waals surface area contributed by atoms with E-state index in [9.17, 15) is 0 Å². The molecule has 112 valence electrons. The number of hydrogen-bond donors (Lipinski definition) is 2. The Labute approximate surface area is 131 Å². The van der Waals surface area contributed by atoms with Gasteiger partial charge in [0.1, 0.15) is 5.82 Å². The van der Waals surface area contributed by atoms with E-state index in [2.05, 4.69) is 34.4 Å². The summed E-state index contributed by atoms with van der Waals surface area (Å²) in [5.41, 5.74) is 1.75. The van der Waals surface area contributed by atoms with Crippen molar-refractivity contribution in [1.82, 2.24) is 9.97 Å². The molecule has 0 unspecified atom stereocenters. The maximum Gasteiger partial charge on any atom is 0.224 e. The lowest BCUT2D eigenvalue weighted by molar-refractivity contribution is 0.606. The predicted octanol–water partition coefficient (Wildman–Crippen LogP) is 4.64. The van der Waals surface area contributed by atoms with Gasteiger partial charge in [-0.15, -0.1) is 0 Å². The van der Waals surface area contributed by atoms with Crippen LogP contribution in [-0.2, 0) is 0 Å². The molecule has 0 amide bonds. The van der Waals surface area contributed by atoms with Crippen LogP contribution in [0, 0.1) is 12.8 Å². The molecular weight excluding hydrogens is 284 g/mol. The van der Waals surface area contributed by atoms with Crippen LogP contribution < -0.4 is 10.6 Å². The third kappa shape index (κ3) is 4.90. The number of halogens is 1. The summed E-state index contributed by atoms with van der Waals surface area (Å²) in [6.45, 7) is 7.21. The van der Waals surface area contributed by atoms with Crippen molar-refractivity contribution < 1.29 is 0 Å². The second-order valence-electron chi connectivity index (χ2n) is 5.43. The number of para-hydroxylation sites is 1. The molecule has 1 aromatic carbocycles. The Morgan fingerprint density at radius 3 is 2.67 bits per heavy atom. The van der Waals surface area contributed by atoms with Crippen molar-refractivity contribution in [3.05, 3.63) is 41.0 Å². The van der Waals surface area contributed by atoms with Crippen molar-refractivity contribution >= 4 is 29.1 Å². The van der Waals surface area contributed by atoms with Crippen molar-refractivity contribution in [3.8, 4) is 0 Å². The Bertz CT molecular complexity index is 599. The molecule has 4 nitrogen and oxygen atoms in total. The maximum absolute atomic E-state index is 6.15. The largest absolute Gasteiger partial charge is 0.354 e. The van der Waals surface area contributed by atoms with Crippen LogP contribution in [0.2, 0.25) is 5.02 Å². The summed E-state index contributed by atoms with van der Waals surface area (Å²) in [4.78, 5) is 8.87. The van der Waals surface area contributed by atoms with E-state index in [4.69, 9.17) is 11.6 Å². The fourth-order valence-electron chi connectivity index (χ4n) is 1.88. The average Bonchev–Trinajstić information content (AvgIpc) is 2.40. The molecule has 0 aliphatic carbocycles. The summed E-state index contributed by atoms with van der Waals surface area (Å²) >= 11 is 6.15. The molecule has 0 radical (unpaired) electrons. The maximum atomic E-state index is 6.15. The van der Waals surface area contributed by atoms with Gasteiger partial charge >= 0.3 is 0 Å². The van der Waals surface area contributed by atoms with Crippen LogP contribution in [-0.4, -0.2) is 16.5 Å². The molecule has 5 heteroatoms. The SMILES string of the molecule is Cc1cc(Nc2ccccc2Cl)nc(NCCC(C)C)n1. The molecular formula is C16H21ClN4. The van der Waals surface area contributed by atoms with Crippen molar-refractivity contribution in [2.24, 2.45) is 5.92 Å². The number of aryl methyl sites for hydroxylation is 1. The van der Waals surface area contributed by atoms with Crippen LogP contribution >= 0.6 is 11.6 Å². The van der Waals surface area contributed by atoms with Crippen LogP contribution in [0.25, 0.3) is 0 Å². The van der Waals surface area contributed by atoms with Gasteiger partial charge in [-0.05, 0) is 31.4 Å². The third-order valence-corrected chi connectivity index (χ3v) is 3.33. The van der Waals surface area contributed by atoms with Gasteiger partial charge in [0.15, 0.2) is 0 Å². The van der Waals surface area contributed by atoms with Gasteiger partial charge in [-0.1, -0.05) is 37.6 Å². The summed E-state index contributed by atoms with van der Waals surface area (Å²) < 4.78 is 0. The van der Waals surface area contributed by atoms with E-state index in [1.165, 1.54) is 0 Å². The lowest BCUT2D eigenvalue weighted by Gasteiger charge is -2.11. The average molecular weight is 305 g/mol. The van der Waals surface area contributed by atoms with Crippen LogP contribution in [0.3, 0.4) is 0 Å². The number of nitrogens with one attached hydrogen (secondary N) is 2. The van der Waals surface area contributed by atoms with Crippen molar-refractivity contribution in [2.75, 3.05) is 17.2 Å². The highest BCUT2D eigenvalue weighted by atomic mass is 35.5. The Hall–Kier alpha value is -1.81. The van der Waals surface area contributed by atoms with E-state index in [0.29, 0.717) is 16.9 Å². The minimum Gasteiger partial charge on any atom is -0.354 e. The molecule has 0 aliphatic heterocycles. The highest BCUT2D eigenvalue weighted by molar-refractivity contribution is 6.33. The Morgan fingerprint density at radius 1 is 1.19 bits per heavy atom. The Morgan fingerprint density at radius 2 is 1.95 bits per heavy atom. The minimum absolute atomic E-state index is 0.644. The fourth-order valence-corrected chi connectivity index (χ4v) is 2.07. The lowest BCUT2D eigenvalue weighted by Crippen LogP contribution is -2.09. The molecule has 0 saturated heterocycles. The molecule has 0 atom stereocenters. The van der Waals surface area contributed by atoms with E-state index in [-0.39, 0.29) is 0 Å². The van der Waals surface area contributed by atoms with Gasteiger partial charge in [-0.3, -0.25) is 0 Å². The number of aromatic nitrogens is 2. The fraction of sp³-hybridized carbons (Fsp3) is 0.375. The van der Waals surface area contributed by atoms with Crippen LogP contribution in [0.1, 0.15) is 26.0 Å². The topological polar surface area (TPSA) is 49.8 Å². The first-order valence-electron chi connectivity index (χ1n) is 7.15. The van der Waals surface area contributed by atoms with Gasteiger partial charge in [0, 0.05) is 18.3 Å². The van der Waals surface area contributed by atoms with Crippen molar-refractivity contribution in [1.29, 1.82) is 0 Å². The molecule has 0 spiro atoms. The molecule has 0 aliphatic rings. The summed E-state index contributed by atoms with van der Waals surface area (Å²) in [7, 11) is 0. The monoisotopic (exact) mass is 304 g/mol. The van der Waals surface area contributed by atoms with Gasteiger partial charge in [0.05, 0.1) is 10.7 Å². The number of nitrogens with zero attached hydrogens (tertiary/aromatic N) is 2. The number of anilines is 3. The number of rotatable bonds is 6. The molecule has 1 aromatic heterocycles. The molecule has 0 bridgehead atoms. The summed E-state index contributed by atoms with van der Waals surface area (Å²) in [6.07, 6.45) is 1.09. The highest BCUT2D eigenvalue weighted by Gasteiger charge is 2.05. The van der Waals surface area contributed by atoms with E-state index >= 15 is 0 Å². The lowest BCUT2D eigenvalue weighted by atomic mass is 10.1. The minimum atomic E-state index is 0.644. The molecule has 1 heterocycles. The van der Waals surface area contributed by atoms with Gasteiger partial charge in [0.25, 0.3) is 0 Å². The van der Waals surface area contributed by atoms with E-state index in [1.54, 1.807) is 0 Å². The second-order valence-corrected chi connectivity index (χ2v) is 5.84. The molecule has 0 saturated carbocycles. The second kappa shape index (κ2) is 7.27. The van der Waals surface area contributed by atoms with Crippen LogP contribution in [0.15, 0.2) is 30.3 Å². The highest BCUT2D eigenvalue weighted by Crippen LogP contribution is 2.24. The molecule has 2 N–H and O–H groups in total. The predicted molar refractivity (Wildman–Crippen MR) is 89.4 cm³/mol. The Kier molecular flexibility index (Phi) is 5.39. The summed E-state index contributed by atoms with van der Waals surface area (Å²) in [5.74, 6) is 2.04. The zero-order valence-electron chi connectivity index (χ0n) is 12.7. The molecule has 2 aromatic rings. The zero-order chi connectivity index (χ0) is 15.2. The normalized spacial score (nSPS) is 10.7. The van der Waals surface area contributed by atoms with Gasteiger partial charge in [-0.2, -0.15) is 4.98 Å². The summed E-state index contributed by atoms with van der Waals surface area (Å²) in [5, 5.41) is 7.16. The van der Waals surface area contributed by atoms with E-state index in [1.807, 2.05) is 37.3 Å². The molecule has 2 rings (SSSR count). The third-order valence-electron chi connectivity index (χ3n) is 3.00. The quantitative estimate of drug-likeness (QED) is 0.816. The first-order valence-corrected chi connectivity index (χ1v) is 7.53. The molecule has 0 fully saturated rings. The first-order chi connectivity index (χ1) is 10.0.